The van der Waals surface area contributed by atoms with Gasteiger partial charge in [-0.3, -0.25) is 9.59 Å². The molecule has 0 unspecified atom stereocenters. The molecule has 0 aromatic carbocycles. The van der Waals surface area contributed by atoms with E-state index >= 15 is 0 Å². The van der Waals surface area contributed by atoms with E-state index < -0.39 is 5.91 Å². The molecule has 0 aliphatic heterocycles. The van der Waals surface area contributed by atoms with Crippen LogP contribution in [0.3, 0.4) is 0 Å². The van der Waals surface area contributed by atoms with Crippen molar-refractivity contribution < 1.29 is 9.59 Å². The van der Waals surface area contributed by atoms with E-state index in [1.54, 1.807) is 12.3 Å². The lowest BCUT2D eigenvalue weighted by Crippen LogP contribution is -2.43. The third-order valence-electron chi connectivity index (χ3n) is 4.53. The number of nitrogens with two attached hydrogens (primary N) is 1. The van der Waals surface area contributed by atoms with Crippen molar-refractivity contribution in [3.63, 3.8) is 0 Å². The lowest BCUT2D eigenvalue weighted by Gasteiger charge is -2.30. The maximum Gasteiger partial charge on any atom is 0.270 e. The molecular formula is C16H21N5O2. The molecule has 0 radical (unpaired) electrons. The van der Waals surface area contributed by atoms with Gasteiger partial charge in [0.25, 0.3) is 5.91 Å². The van der Waals surface area contributed by atoms with E-state index in [2.05, 4.69) is 20.3 Å². The summed E-state index contributed by atoms with van der Waals surface area (Å²) in [6.07, 6.45) is 8.75. The second-order valence-electron chi connectivity index (χ2n) is 6.11. The first kappa shape index (κ1) is 15.5. The Morgan fingerprint density at radius 2 is 2.09 bits per heavy atom. The van der Waals surface area contributed by atoms with Gasteiger partial charge in [-0.1, -0.05) is 19.3 Å². The Labute approximate surface area is 134 Å². The monoisotopic (exact) mass is 315 g/mol. The van der Waals surface area contributed by atoms with Crippen molar-refractivity contribution >= 4 is 22.8 Å². The number of hydrogen-bond donors (Lipinski definition) is 3. The zero-order valence-corrected chi connectivity index (χ0v) is 12.9. The second kappa shape index (κ2) is 6.76. The molecule has 23 heavy (non-hydrogen) atoms. The van der Waals surface area contributed by atoms with Crippen molar-refractivity contribution in [1.29, 1.82) is 0 Å². The lowest BCUT2D eigenvalue weighted by atomic mass is 9.82. The molecule has 122 valence electrons. The fourth-order valence-electron chi connectivity index (χ4n) is 3.38. The van der Waals surface area contributed by atoms with Crippen molar-refractivity contribution in [1.82, 2.24) is 20.3 Å². The van der Waals surface area contributed by atoms with Gasteiger partial charge in [0.05, 0.1) is 5.39 Å². The van der Waals surface area contributed by atoms with Crippen molar-refractivity contribution in [2.75, 3.05) is 0 Å². The minimum atomic E-state index is -0.393. The van der Waals surface area contributed by atoms with Crippen LogP contribution in [0.1, 0.15) is 49.0 Å². The number of carbonyl (C=O) groups is 2. The number of H-pyrrole nitrogens is 1. The normalized spacial score (nSPS) is 17.0. The molecule has 0 bridgehead atoms. The van der Waals surface area contributed by atoms with Gasteiger partial charge in [0.15, 0.2) is 0 Å². The first-order valence-corrected chi connectivity index (χ1v) is 8.02. The fraction of sp³-hybridized carbons (Fsp3) is 0.500. The number of nitrogens with zero attached hydrogens (tertiary/aromatic N) is 2. The number of fused-ring (bicyclic) bond motifs is 1. The molecule has 1 atom stereocenters. The molecule has 1 fully saturated rings. The minimum Gasteiger partial charge on any atom is -0.370 e. The van der Waals surface area contributed by atoms with Crippen LogP contribution in [0.15, 0.2) is 18.6 Å². The van der Waals surface area contributed by atoms with Crippen LogP contribution in [0, 0.1) is 5.92 Å². The van der Waals surface area contributed by atoms with E-state index in [-0.39, 0.29) is 18.4 Å². The summed E-state index contributed by atoms with van der Waals surface area (Å²) in [5.41, 5.74) is 6.31. The molecular weight excluding hydrogens is 294 g/mol. The molecule has 4 N–H and O–H groups in total. The Morgan fingerprint density at radius 1 is 1.30 bits per heavy atom. The number of hydrogen-bond acceptors (Lipinski definition) is 4. The first-order valence-electron chi connectivity index (χ1n) is 8.02. The van der Waals surface area contributed by atoms with Crippen molar-refractivity contribution in [3.05, 3.63) is 24.3 Å². The van der Waals surface area contributed by atoms with Gasteiger partial charge in [0, 0.05) is 18.7 Å². The Hall–Kier alpha value is -2.44. The molecule has 0 spiro atoms. The van der Waals surface area contributed by atoms with Crippen LogP contribution in [0.2, 0.25) is 0 Å². The van der Waals surface area contributed by atoms with E-state index in [0.29, 0.717) is 22.6 Å². The molecule has 1 saturated carbocycles. The number of aromatic amines is 1. The number of rotatable bonds is 5. The molecule has 1 aliphatic carbocycles. The van der Waals surface area contributed by atoms with Gasteiger partial charge in [-0.15, -0.1) is 0 Å². The number of amides is 2. The maximum absolute atomic E-state index is 12.6. The molecule has 2 aromatic heterocycles. The fourth-order valence-corrected chi connectivity index (χ4v) is 3.38. The van der Waals surface area contributed by atoms with Crippen LogP contribution in [0.5, 0.6) is 0 Å². The zero-order valence-electron chi connectivity index (χ0n) is 12.9. The van der Waals surface area contributed by atoms with Gasteiger partial charge >= 0.3 is 0 Å². The van der Waals surface area contributed by atoms with Gasteiger partial charge in [-0.05, 0) is 24.8 Å². The summed E-state index contributed by atoms with van der Waals surface area (Å²) in [5.74, 6) is -0.382. The number of carbonyl (C=O) groups excluding carboxylic acids is 2. The SMILES string of the molecule is NC(=O)C[C@@H](NC(=O)c1ncnc2[nH]ccc12)C1CCCCC1. The van der Waals surface area contributed by atoms with E-state index in [4.69, 9.17) is 5.73 Å². The smallest absolute Gasteiger partial charge is 0.270 e. The highest BCUT2D eigenvalue weighted by Gasteiger charge is 2.27. The van der Waals surface area contributed by atoms with Crippen LogP contribution in [0.4, 0.5) is 0 Å². The van der Waals surface area contributed by atoms with Crippen LogP contribution >= 0.6 is 0 Å². The van der Waals surface area contributed by atoms with Crippen LogP contribution in [0.25, 0.3) is 11.0 Å². The Balaban J connectivity index is 1.79. The molecule has 2 amide bonds. The lowest BCUT2D eigenvalue weighted by molar-refractivity contribution is -0.118. The summed E-state index contributed by atoms with van der Waals surface area (Å²) in [6, 6.07) is 1.54. The van der Waals surface area contributed by atoms with Gasteiger partial charge in [-0.25, -0.2) is 9.97 Å². The third kappa shape index (κ3) is 3.49. The highest BCUT2D eigenvalue weighted by atomic mass is 16.2. The Kier molecular flexibility index (Phi) is 4.55. The molecule has 3 rings (SSSR count). The third-order valence-corrected chi connectivity index (χ3v) is 4.53. The predicted molar refractivity (Wildman–Crippen MR) is 85.5 cm³/mol. The number of primary amides is 1. The number of aromatic nitrogens is 3. The standard InChI is InChI=1S/C16H21N5O2/c17-13(22)8-12(10-4-2-1-3-5-10)21-16(23)14-11-6-7-18-15(11)20-9-19-14/h6-7,9-10,12H,1-5,8H2,(H2,17,22)(H,21,23)(H,18,19,20)/t12-/m1/s1. The molecule has 2 heterocycles. The summed E-state index contributed by atoms with van der Waals surface area (Å²) >= 11 is 0. The topological polar surface area (TPSA) is 114 Å². The van der Waals surface area contributed by atoms with E-state index in [1.165, 1.54) is 12.7 Å². The first-order chi connectivity index (χ1) is 11.1. The summed E-state index contributed by atoms with van der Waals surface area (Å²) in [7, 11) is 0. The maximum atomic E-state index is 12.6. The molecule has 2 aromatic rings. The molecule has 7 nitrogen and oxygen atoms in total. The molecule has 7 heteroatoms. The van der Waals surface area contributed by atoms with E-state index in [0.717, 1.165) is 25.7 Å². The van der Waals surface area contributed by atoms with E-state index in [1.807, 2.05) is 0 Å². The highest BCUT2D eigenvalue weighted by molar-refractivity contribution is 6.03. The average molecular weight is 315 g/mol. The van der Waals surface area contributed by atoms with Gasteiger partial charge in [-0.2, -0.15) is 0 Å². The van der Waals surface area contributed by atoms with Gasteiger partial charge in [0.1, 0.15) is 17.7 Å². The Morgan fingerprint density at radius 3 is 2.83 bits per heavy atom. The second-order valence-corrected chi connectivity index (χ2v) is 6.11. The van der Waals surface area contributed by atoms with Crippen molar-refractivity contribution in [2.24, 2.45) is 11.7 Å². The van der Waals surface area contributed by atoms with Crippen molar-refractivity contribution in [2.45, 2.75) is 44.6 Å². The summed E-state index contributed by atoms with van der Waals surface area (Å²) in [6.45, 7) is 0. The predicted octanol–water partition coefficient (Wildman–Crippen LogP) is 1.51. The summed E-state index contributed by atoms with van der Waals surface area (Å²) in [4.78, 5) is 35.1. The minimum absolute atomic E-state index is 0.164. The largest absolute Gasteiger partial charge is 0.370 e. The van der Waals surface area contributed by atoms with Gasteiger partial charge in [0.2, 0.25) is 5.91 Å². The van der Waals surface area contributed by atoms with Crippen LogP contribution in [-0.4, -0.2) is 32.8 Å². The Bertz CT molecular complexity index is 705. The van der Waals surface area contributed by atoms with Crippen molar-refractivity contribution in [3.8, 4) is 0 Å². The highest BCUT2D eigenvalue weighted by Crippen LogP contribution is 2.28. The van der Waals surface area contributed by atoms with E-state index in [9.17, 15) is 9.59 Å². The molecule has 1 aliphatic rings. The zero-order chi connectivity index (χ0) is 16.2. The quantitative estimate of drug-likeness (QED) is 0.776. The number of nitrogens with one attached hydrogen (secondary N) is 2. The van der Waals surface area contributed by atoms with Crippen LogP contribution in [-0.2, 0) is 4.79 Å². The summed E-state index contributed by atoms with van der Waals surface area (Å²) in [5, 5.41) is 3.65. The van der Waals surface area contributed by atoms with Gasteiger partial charge < -0.3 is 16.0 Å². The molecule has 0 saturated heterocycles. The summed E-state index contributed by atoms with van der Waals surface area (Å²) < 4.78 is 0. The average Bonchev–Trinajstić information content (AvgIpc) is 3.03. The van der Waals surface area contributed by atoms with Crippen LogP contribution < -0.4 is 11.1 Å².